The number of esters is 1. The van der Waals surface area contributed by atoms with Gasteiger partial charge in [-0.25, -0.2) is 9.48 Å². The Kier molecular flexibility index (Phi) is 9.38. The molecule has 1 saturated heterocycles. The Hall–Kier alpha value is -5.05. The molecule has 5 aromatic rings. The number of piperidine rings is 1. The third kappa shape index (κ3) is 6.09. The quantitative estimate of drug-likeness (QED) is 0.154. The average Bonchev–Trinajstić information content (AvgIpc) is 3.50. The van der Waals surface area contributed by atoms with E-state index in [0.717, 1.165) is 33.6 Å². The summed E-state index contributed by atoms with van der Waals surface area (Å²) in [6, 6.07) is 39.1. The number of likely N-dealkylation sites (tertiary alicyclic amines) is 1. The van der Waals surface area contributed by atoms with Crippen molar-refractivity contribution < 1.29 is 19.4 Å². The Labute approximate surface area is 269 Å². The van der Waals surface area contributed by atoms with E-state index in [4.69, 9.17) is 9.47 Å². The lowest BCUT2D eigenvalue weighted by molar-refractivity contribution is 0.0512. The maximum absolute atomic E-state index is 13.3. The van der Waals surface area contributed by atoms with Gasteiger partial charge in [-0.2, -0.15) is 0 Å². The van der Waals surface area contributed by atoms with E-state index >= 15 is 0 Å². The number of aliphatic hydroxyl groups is 1. The molecule has 0 aliphatic carbocycles. The van der Waals surface area contributed by atoms with Gasteiger partial charge in [0.05, 0.1) is 31.9 Å². The Morgan fingerprint density at radius 2 is 1.46 bits per heavy atom. The van der Waals surface area contributed by atoms with Gasteiger partial charge in [0, 0.05) is 13.1 Å². The summed E-state index contributed by atoms with van der Waals surface area (Å²) < 4.78 is 12.3. The van der Waals surface area contributed by atoms with E-state index in [1.807, 2.05) is 48.5 Å². The predicted molar refractivity (Wildman–Crippen MR) is 177 cm³/mol. The highest BCUT2D eigenvalue weighted by molar-refractivity contribution is 5.91. The average molecular weight is 615 g/mol. The minimum absolute atomic E-state index is 0.215. The third-order valence-electron chi connectivity index (χ3n) is 8.57. The molecular formula is C38H38N4O4. The molecule has 1 fully saturated rings. The van der Waals surface area contributed by atoms with Crippen LogP contribution in [0.2, 0.25) is 0 Å². The van der Waals surface area contributed by atoms with Crippen molar-refractivity contribution in [3.63, 3.8) is 0 Å². The van der Waals surface area contributed by atoms with Crippen LogP contribution in [0.1, 0.15) is 51.8 Å². The van der Waals surface area contributed by atoms with Gasteiger partial charge in [0.15, 0.2) is 5.69 Å². The maximum atomic E-state index is 13.3. The van der Waals surface area contributed by atoms with Gasteiger partial charge in [0.25, 0.3) is 0 Å². The van der Waals surface area contributed by atoms with Crippen molar-refractivity contribution >= 4 is 12.0 Å². The number of ether oxygens (including phenoxy) is 2. The first-order valence-corrected chi connectivity index (χ1v) is 15.6. The van der Waals surface area contributed by atoms with Gasteiger partial charge in [-0.05, 0) is 59.4 Å². The topological polar surface area (TPSA) is 89.7 Å². The van der Waals surface area contributed by atoms with Gasteiger partial charge in [-0.3, -0.25) is 4.90 Å². The molecule has 2 heterocycles. The van der Waals surface area contributed by atoms with E-state index in [1.54, 1.807) is 18.7 Å². The fourth-order valence-corrected chi connectivity index (χ4v) is 6.41. The minimum Gasteiger partial charge on any atom is -0.497 e. The Morgan fingerprint density at radius 3 is 1.98 bits per heavy atom. The molecule has 0 spiro atoms. The molecule has 1 N–H and O–H groups in total. The van der Waals surface area contributed by atoms with Crippen LogP contribution in [0, 0.1) is 0 Å². The zero-order valence-electron chi connectivity index (χ0n) is 26.1. The lowest BCUT2D eigenvalue weighted by Crippen LogP contribution is -2.52. The van der Waals surface area contributed by atoms with Gasteiger partial charge >= 0.3 is 5.97 Å². The second-order valence-electron chi connectivity index (χ2n) is 11.3. The van der Waals surface area contributed by atoms with Crippen LogP contribution in [0.25, 0.3) is 6.08 Å². The van der Waals surface area contributed by atoms with E-state index in [0.29, 0.717) is 31.7 Å². The molecule has 1 aromatic heterocycles. The fraction of sp³-hybridized carbons (Fsp3) is 0.237. The van der Waals surface area contributed by atoms with Crippen molar-refractivity contribution in [1.82, 2.24) is 19.9 Å². The minimum atomic E-state index is -0.710. The maximum Gasteiger partial charge on any atom is 0.358 e. The van der Waals surface area contributed by atoms with Crippen LogP contribution < -0.4 is 4.74 Å². The lowest BCUT2D eigenvalue weighted by atomic mass is 9.74. The number of nitrogens with zero attached hydrogens (tertiary/aromatic N) is 4. The summed E-state index contributed by atoms with van der Waals surface area (Å²) in [6.45, 7) is 3.39. The zero-order chi connectivity index (χ0) is 31.9. The molecule has 1 atom stereocenters. The van der Waals surface area contributed by atoms with Crippen molar-refractivity contribution in [1.29, 1.82) is 0 Å². The summed E-state index contributed by atoms with van der Waals surface area (Å²) in [6.07, 6.45) is 1.61. The van der Waals surface area contributed by atoms with Crippen LogP contribution in [0.3, 0.4) is 0 Å². The molecule has 8 heteroatoms. The molecule has 8 nitrogen and oxygen atoms in total. The van der Waals surface area contributed by atoms with Crippen molar-refractivity contribution in [2.75, 3.05) is 26.8 Å². The second kappa shape index (κ2) is 13.9. The smallest absolute Gasteiger partial charge is 0.358 e. The first-order valence-electron chi connectivity index (χ1n) is 15.6. The van der Waals surface area contributed by atoms with Gasteiger partial charge in [0.2, 0.25) is 0 Å². The van der Waals surface area contributed by atoms with Crippen molar-refractivity contribution in [2.45, 2.75) is 31.5 Å². The molecule has 46 heavy (non-hydrogen) atoms. The van der Waals surface area contributed by atoms with E-state index in [9.17, 15) is 9.90 Å². The Morgan fingerprint density at radius 1 is 0.891 bits per heavy atom. The van der Waals surface area contributed by atoms with Crippen LogP contribution in [-0.2, 0) is 16.8 Å². The van der Waals surface area contributed by atoms with E-state index < -0.39 is 17.6 Å². The van der Waals surface area contributed by atoms with E-state index in [-0.39, 0.29) is 12.3 Å². The van der Waals surface area contributed by atoms with Crippen LogP contribution >= 0.6 is 0 Å². The summed E-state index contributed by atoms with van der Waals surface area (Å²) in [5.74, 6) is 0.231. The number of aromatic nitrogens is 3. The SMILES string of the molecule is CCOC(=O)c1c(/C=C2/CN(C(c3ccccc3)(c3ccccc3)c3ccccc3)CCC2O)nnn1Cc1ccc(OC)cc1. The highest BCUT2D eigenvalue weighted by Crippen LogP contribution is 2.44. The Bertz CT molecular complexity index is 1670. The first-order chi connectivity index (χ1) is 22.5. The number of hydrogen-bond acceptors (Lipinski definition) is 7. The van der Waals surface area contributed by atoms with Gasteiger partial charge in [-0.1, -0.05) is 108 Å². The van der Waals surface area contributed by atoms with Crippen LogP contribution in [0.5, 0.6) is 5.75 Å². The number of aliphatic hydroxyl groups excluding tert-OH is 1. The Balaban J connectivity index is 1.44. The number of benzene rings is 4. The van der Waals surface area contributed by atoms with Crippen LogP contribution in [0.4, 0.5) is 0 Å². The largest absolute Gasteiger partial charge is 0.497 e. The van der Waals surface area contributed by atoms with Crippen molar-refractivity contribution in [3.05, 3.63) is 154 Å². The molecule has 4 aromatic carbocycles. The molecule has 6 rings (SSSR count). The zero-order valence-corrected chi connectivity index (χ0v) is 26.1. The molecule has 0 amide bonds. The molecule has 234 valence electrons. The van der Waals surface area contributed by atoms with Gasteiger partial charge in [-0.15, -0.1) is 5.10 Å². The number of rotatable bonds is 10. The summed E-state index contributed by atoms with van der Waals surface area (Å²) in [5.41, 5.74) is 5.03. The number of carbonyl (C=O) groups excluding carboxylic acids is 1. The summed E-state index contributed by atoms with van der Waals surface area (Å²) in [7, 11) is 1.62. The van der Waals surface area contributed by atoms with Crippen molar-refractivity contribution in [2.24, 2.45) is 0 Å². The normalized spacial score (nSPS) is 16.3. The van der Waals surface area contributed by atoms with Crippen molar-refractivity contribution in [3.8, 4) is 5.75 Å². The summed E-state index contributed by atoms with van der Waals surface area (Å²) in [5, 5.41) is 20.1. The molecule has 1 aliphatic heterocycles. The molecule has 1 aliphatic rings. The van der Waals surface area contributed by atoms with Gasteiger partial charge in [0.1, 0.15) is 11.4 Å². The van der Waals surface area contributed by atoms with Gasteiger partial charge < -0.3 is 14.6 Å². The first kappa shape index (κ1) is 31.0. The predicted octanol–water partition coefficient (Wildman–Crippen LogP) is 5.95. The standard InChI is InChI=1S/C38H38N4O4/c1-3-46-37(44)36-34(39-40-42(36)26-28-19-21-33(45-2)22-20-28)25-29-27-41(24-23-35(29)43)38(30-13-7-4-8-14-30,31-15-9-5-10-16-31)32-17-11-6-12-18-32/h4-22,25,35,43H,3,23-24,26-27H2,1-2H3/b29-25-. The highest BCUT2D eigenvalue weighted by Gasteiger charge is 2.44. The van der Waals surface area contributed by atoms with E-state index in [1.165, 1.54) is 0 Å². The lowest BCUT2D eigenvalue weighted by Gasteiger charge is -2.48. The van der Waals surface area contributed by atoms with Crippen LogP contribution in [0.15, 0.2) is 121 Å². The number of methoxy groups -OCH3 is 1. The molecule has 0 saturated carbocycles. The summed E-state index contributed by atoms with van der Waals surface area (Å²) in [4.78, 5) is 15.7. The third-order valence-corrected chi connectivity index (χ3v) is 8.57. The molecule has 1 unspecified atom stereocenters. The fourth-order valence-electron chi connectivity index (χ4n) is 6.41. The summed E-state index contributed by atoms with van der Waals surface area (Å²) >= 11 is 0. The molecule has 0 bridgehead atoms. The number of hydrogen-bond donors (Lipinski definition) is 1. The van der Waals surface area contributed by atoms with E-state index in [2.05, 4.69) is 88.0 Å². The molecule has 0 radical (unpaired) electrons. The number of carbonyl (C=O) groups is 1. The van der Waals surface area contributed by atoms with Crippen LogP contribution in [-0.4, -0.2) is 63.9 Å². The highest BCUT2D eigenvalue weighted by atomic mass is 16.5. The monoisotopic (exact) mass is 614 g/mol. The molecular weight excluding hydrogens is 576 g/mol. The second-order valence-corrected chi connectivity index (χ2v) is 11.3.